The normalized spacial score (nSPS) is 11.6. The Balaban J connectivity index is 1.69. The molecule has 0 unspecified atom stereocenters. The minimum absolute atomic E-state index is 0.274. The summed E-state index contributed by atoms with van der Waals surface area (Å²) in [5.41, 5.74) is 2.33. The molecule has 2 rings (SSSR count). The molecule has 0 spiro atoms. The van der Waals surface area contributed by atoms with Gasteiger partial charge in [0.25, 0.3) is 11.8 Å². The van der Waals surface area contributed by atoms with Gasteiger partial charge in [-0.1, -0.05) is 44.0 Å². The lowest BCUT2D eigenvalue weighted by atomic mass is 10.1. The third-order valence-corrected chi connectivity index (χ3v) is 8.78. The van der Waals surface area contributed by atoms with Crippen molar-refractivity contribution in [3.05, 3.63) is 56.5 Å². The average Bonchev–Trinajstić information content (AvgIpc) is 2.94. The molecule has 0 radical (unpaired) electrons. The number of benzene rings is 2. The van der Waals surface area contributed by atoms with Crippen molar-refractivity contribution in [3.8, 4) is 11.5 Å². The lowest BCUT2D eigenvalue weighted by Crippen LogP contribution is -2.34. The maximum atomic E-state index is 12.6. The van der Waals surface area contributed by atoms with E-state index in [-0.39, 0.29) is 23.2 Å². The second-order valence-electron chi connectivity index (χ2n) is 7.89. The number of rotatable bonds is 17. The van der Waals surface area contributed by atoms with Crippen molar-refractivity contribution in [2.75, 3.05) is 53.0 Å². The van der Waals surface area contributed by atoms with E-state index in [1.165, 1.54) is 14.2 Å². The van der Waals surface area contributed by atoms with Crippen LogP contribution in [0.5, 0.6) is 11.5 Å². The van der Waals surface area contributed by atoms with Crippen LogP contribution in [0.3, 0.4) is 0 Å². The van der Waals surface area contributed by atoms with Crippen LogP contribution < -0.4 is 20.1 Å². The van der Waals surface area contributed by atoms with Crippen molar-refractivity contribution in [3.63, 3.8) is 0 Å². The Hall–Kier alpha value is -2.42. The summed E-state index contributed by atoms with van der Waals surface area (Å²) in [6.07, 6.45) is 0.627. The van der Waals surface area contributed by atoms with Crippen molar-refractivity contribution in [2.24, 2.45) is 10.3 Å². The lowest BCUT2D eigenvalue weighted by molar-refractivity contribution is -0.115. The number of oxime groups is 2. The van der Waals surface area contributed by atoms with Crippen LogP contribution in [-0.4, -0.2) is 76.3 Å². The molecule has 0 saturated heterocycles. The second-order valence-corrected chi connectivity index (χ2v) is 12.3. The van der Waals surface area contributed by atoms with E-state index < -0.39 is 0 Å². The van der Waals surface area contributed by atoms with E-state index in [9.17, 15) is 9.59 Å². The van der Waals surface area contributed by atoms with Crippen molar-refractivity contribution in [1.29, 1.82) is 0 Å². The smallest absolute Gasteiger partial charge is 0.269 e. The number of halogens is 2. The molecule has 0 atom stereocenters. The third-order valence-electron chi connectivity index (χ3n) is 5.13. The van der Waals surface area contributed by atoms with Gasteiger partial charge in [-0.05, 0) is 67.3 Å². The van der Waals surface area contributed by atoms with Crippen LogP contribution in [0.1, 0.15) is 11.1 Å². The highest BCUT2D eigenvalue weighted by Gasteiger charge is 2.15. The zero-order valence-electron chi connectivity index (χ0n) is 22.6. The number of ether oxygens (including phenoxy) is 2. The van der Waals surface area contributed by atoms with Gasteiger partial charge >= 0.3 is 0 Å². The summed E-state index contributed by atoms with van der Waals surface area (Å²) in [5.74, 6) is 2.19. The first kappa shape index (κ1) is 33.8. The first-order valence-corrected chi connectivity index (χ1v) is 16.1. The maximum absolute atomic E-state index is 12.6. The molecule has 0 bridgehead atoms. The van der Waals surface area contributed by atoms with Gasteiger partial charge in [0.05, 0.1) is 23.2 Å². The molecule has 0 saturated carbocycles. The van der Waals surface area contributed by atoms with Crippen LogP contribution in [0, 0.1) is 0 Å². The third kappa shape index (κ3) is 11.6. The Kier molecular flexibility index (Phi) is 15.9. The van der Waals surface area contributed by atoms with Gasteiger partial charge in [-0.3, -0.25) is 9.59 Å². The van der Waals surface area contributed by atoms with Crippen molar-refractivity contribution in [1.82, 2.24) is 10.6 Å². The zero-order valence-corrected chi connectivity index (χ0v) is 27.4. The zero-order chi connectivity index (χ0) is 29.3. The topological polar surface area (TPSA) is 120 Å². The van der Waals surface area contributed by atoms with E-state index in [1.54, 1.807) is 35.8 Å². The summed E-state index contributed by atoms with van der Waals surface area (Å²) >= 11 is 6.90. The summed E-state index contributed by atoms with van der Waals surface area (Å²) in [4.78, 5) is 34.9. The number of methoxy groups -OCH3 is 2. The molecule has 0 aromatic heterocycles. The molecule has 0 heterocycles. The van der Waals surface area contributed by atoms with Gasteiger partial charge < -0.3 is 29.8 Å². The van der Waals surface area contributed by atoms with Crippen LogP contribution in [0.2, 0.25) is 0 Å². The highest BCUT2D eigenvalue weighted by Crippen LogP contribution is 2.27. The van der Waals surface area contributed by atoms with Crippen LogP contribution in [0.25, 0.3) is 0 Å². The fourth-order valence-corrected chi connectivity index (χ4v) is 6.28. The Morgan fingerprint density at radius 2 is 1.12 bits per heavy atom. The minimum atomic E-state index is -0.291. The molecule has 0 fully saturated rings. The molecule has 0 aliphatic rings. The van der Waals surface area contributed by atoms with Gasteiger partial charge in [-0.25, -0.2) is 0 Å². The Morgan fingerprint density at radius 1 is 0.725 bits per heavy atom. The Labute approximate surface area is 259 Å². The molecular weight excluding hydrogens is 688 g/mol. The van der Waals surface area contributed by atoms with Gasteiger partial charge in [-0.2, -0.15) is 0 Å². The molecule has 2 aromatic carbocycles. The van der Waals surface area contributed by atoms with Gasteiger partial charge in [-0.15, -0.1) is 0 Å². The highest BCUT2D eigenvalue weighted by molar-refractivity contribution is 9.11. The van der Waals surface area contributed by atoms with E-state index in [2.05, 4.69) is 52.8 Å². The van der Waals surface area contributed by atoms with Crippen LogP contribution in [0.4, 0.5) is 0 Å². The quantitative estimate of drug-likeness (QED) is 0.105. The van der Waals surface area contributed by atoms with Gasteiger partial charge in [0.2, 0.25) is 0 Å². The fourth-order valence-electron chi connectivity index (χ4n) is 3.29. The predicted octanol–water partition coefficient (Wildman–Crippen LogP) is 4.63. The number of hydrogen-bond acceptors (Lipinski definition) is 10. The van der Waals surface area contributed by atoms with Crippen molar-refractivity contribution in [2.45, 2.75) is 12.8 Å². The SMILES string of the molecule is CO/N=C(/Cc1ccc(OC)c(Br)c1)C(=O)NCCSSCCNC(=O)/C(Cc1ccc(OC)c(Br)c1)=N\OC. The molecule has 0 aliphatic heterocycles. The minimum Gasteiger partial charge on any atom is -0.496 e. The maximum Gasteiger partial charge on any atom is 0.269 e. The van der Waals surface area contributed by atoms with Crippen LogP contribution >= 0.6 is 53.4 Å². The van der Waals surface area contributed by atoms with Gasteiger partial charge in [0.15, 0.2) is 0 Å². The monoisotopic (exact) mass is 718 g/mol. The van der Waals surface area contributed by atoms with E-state index in [1.807, 2.05) is 36.4 Å². The number of carbonyl (C=O) groups excluding carboxylic acids is 2. The second kappa shape index (κ2) is 18.8. The molecule has 2 amide bonds. The van der Waals surface area contributed by atoms with Crippen LogP contribution in [-0.2, 0) is 32.1 Å². The predicted molar refractivity (Wildman–Crippen MR) is 169 cm³/mol. The number of amides is 2. The summed E-state index contributed by atoms with van der Waals surface area (Å²) in [5, 5.41) is 13.5. The number of nitrogens with one attached hydrogen (secondary N) is 2. The first-order chi connectivity index (χ1) is 19.3. The van der Waals surface area contributed by atoms with E-state index in [0.29, 0.717) is 48.9 Å². The summed E-state index contributed by atoms with van der Waals surface area (Å²) in [6.45, 7) is 0.917. The number of nitrogens with zero attached hydrogens (tertiary/aromatic N) is 2. The number of hydrogen-bond donors (Lipinski definition) is 2. The first-order valence-electron chi connectivity index (χ1n) is 12.0. The van der Waals surface area contributed by atoms with Crippen molar-refractivity contribution >= 4 is 76.7 Å². The summed E-state index contributed by atoms with van der Waals surface area (Å²) in [7, 11) is 9.19. The summed E-state index contributed by atoms with van der Waals surface area (Å²) in [6, 6.07) is 11.1. The number of carbonyl (C=O) groups is 2. The molecule has 218 valence electrons. The van der Waals surface area contributed by atoms with E-state index >= 15 is 0 Å². The molecule has 0 aliphatic carbocycles. The Bertz CT molecular complexity index is 1110. The fraction of sp³-hybridized carbons (Fsp3) is 0.385. The largest absolute Gasteiger partial charge is 0.496 e. The standard InChI is InChI=1S/C26H32Br2N4O6S2/c1-35-23-7-5-17(13-19(23)27)15-21(31-37-3)25(33)29-9-11-39-40-12-10-30-26(34)22(32-38-4)16-18-6-8-24(36-2)20(28)14-18/h5-8,13-14H,9-12,15-16H2,1-4H3,(H,29,33)(H,30,34)/b31-21-,32-22-. The van der Waals surface area contributed by atoms with Gasteiger partial charge in [0, 0.05) is 37.4 Å². The van der Waals surface area contributed by atoms with Gasteiger partial charge in [0.1, 0.15) is 37.1 Å². The molecule has 2 N–H and O–H groups in total. The molecule has 10 nitrogen and oxygen atoms in total. The summed E-state index contributed by atoms with van der Waals surface area (Å²) < 4.78 is 12.1. The van der Waals surface area contributed by atoms with E-state index in [0.717, 1.165) is 20.1 Å². The average molecular weight is 721 g/mol. The Morgan fingerprint density at radius 3 is 1.45 bits per heavy atom. The highest BCUT2D eigenvalue weighted by atomic mass is 79.9. The van der Waals surface area contributed by atoms with E-state index in [4.69, 9.17) is 19.1 Å². The molecule has 40 heavy (non-hydrogen) atoms. The van der Waals surface area contributed by atoms with Crippen molar-refractivity contribution < 1.29 is 28.7 Å². The van der Waals surface area contributed by atoms with Crippen LogP contribution in [0.15, 0.2) is 55.7 Å². The molecule has 14 heteroatoms. The molecule has 2 aromatic rings. The lowest BCUT2D eigenvalue weighted by Gasteiger charge is -2.10. The molecular formula is C26H32Br2N4O6S2.